The second-order valence-electron chi connectivity index (χ2n) is 6.47. The lowest BCUT2D eigenvalue weighted by Gasteiger charge is -2.40. The van der Waals surface area contributed by atoms with E-state index in [1.54, 1.807) is 0 Å². The molecule has 4 atom stereocenters. The maximum atomic E-state index is 10.6. The van der Waals surface area contributed by atoms with Crippen LogP contribution in [-0.4, -0.2) is 21.4 Å². The van der Waals surface area contributed by atoms with E-state index in [0.717, 1.165) is 38.5 Å². The molecule has 3 aliphatic rings. The Morgan fingerprint density at radius 1 is 0.688 bits per heavy atom. The van der Waals surface area contributed by atoms with Gasteiger partial charge in [-0.2, -0.15) is 0 Å². The lowest BCUT2D eigenvalue weighted by Crippen LogP contribution is -2.42. The number of rotatable bonds is 0. The summed E-state index contributed by atoms with van der Waals surface area (Å²) >= 11 is 0. The monoisotopic (exact) mass is 224 g/mol. The van der Waals surface area contributed by atoms with Gasteiger partial charge in [-0.15, -0.1) is 0 Å². The third-order valence-electron chi connectivity index (χ3n) is 5.63. The van der Waals surface area contributed by atoms with Crippen molar-refractivity contribution in [3.63, 3.8) is 0 Å². The minimum Gasteiger partial charge on any atom is -0.390 e. The fourth-order valence-electron chi connectivity index (χ4n) is 4.63. The van der Waals surface area contributed by atoms with Gasteiger partial charge in [0.2, 0.25) is 0 Å². The van der Waals surface area contributed by atoms with Gasteiger partial charge in [0.05, 0.1) is 11.2 Å². The highest BCUT2D eigenvalue weighted by Gasteiger charge is 2.49. The Hall–Kier alpha value is -0.0800. The van der Waals surface area contributed by atoms with Crippen LogP contribution in [0.1, 0.15) is 64.2 Å². The fourth-order valence-corrected chi connectivity index (χ4v) is 4.63. The van der Waals surface area contributed by atoms with Crippen molar-refractivity contribution in [1.29, 1.82) is 0 Å². The van der Waals surface area contributed by atoms with Crippen molar-refractivity contribution in [3.8, 4) is 0 Å². The molecule has 92 valence electrons. The summed E-state index contributed by atoms with van der Waals surface area (Å²) < 4.78 is 0. The molecule has 2 N–H and O–H groups in total. The molecule has 0 aliphatic heterocycles. The predicted molar refractivity (Wildman–Crippen MR) is 63.0 cm³/mol. The molecule has 0 bridgehead atoms. The molecular formula is C14H24O2. The van der Waals surface area contributed by atoms with Gasteiger partial charge in [0, 0.05) is 0 Å². The molecule has 0 aromatic carbocycles. The molecule has 0 radical (unpaired) electrons. The van der Waals surface area contributed by atoms with E-state index in [1.165, 1.54) is 25.7 Å². The van der Waals surface area contributed by atoms with E-state index in [0.29, 0.717) is 11.8 Å². The van der Waals surface area contributed by atoms with Crippen molar-refractivity contribution in [2.24, 2.45) is 11.8 Å². The summed E-state index contributed by atoms with van der Waals surface area (Å²) in [5.41, 5.74) is -0.742. The summed E-state index contributed by atoms with van der Waals surface area (Å²) in [6, 6.07) is 0. The number of aliphatic hydroxyl groups is 2. The van der Waals surface area contributed by atoms with Gasteiger partial charge in [0.1, 0.15) is 0 Å². The molecular weight excluding hydrogens is 200 g/mol. The molecule has 16 heavy (non-hydrogen) atoms. The molecule has 2 nitrogen and oxygen atoms in total. The molecule has 3 fully saturated rings. The van der Waals surface area contributed by atoms with Gasteiger partial charge in [-0.1, -0.05) is 12.8 Å². The van der Waals surface area contributed by atoms with E-state index in [-0.39, 0.29) is 11.2 Å². The third-order valence-corrected chi connectivity index (χ3v) is 5.63. The second kappa shape index (κ2) is 3.71. The predicted octanol–water partition coefficient (Wildman–Crippen LogP) is 2.62. The summed E-state index contributed by atoms with van der Waals surface area (Å²) in [7, 11) is 0. The van der Waals surface area contributed by atoms with Crippen LogP contribution in [0, 0.1) is 11.8 Å². The first kappa shape index (κ1) is 11.0. The summed E-state index contributed by atoms with van der Waals surface area (Å²) in [5.74, 6) is 0.949. The molecule has 0 unspecified atom stereocenters. The quantitative estimate of drug-likeness (QED) is 0.664. The van der Waals surface area contributed by atoms with Crippen LogP contribution in [0.3, 0.4) is 0 Å². The van der Waals surface area contributed by atoms with Crippen LogP contribution >= 0.6 is 0 Å². The van der Waals surface area contributed by atoms with Crippen LogP contribution in [0.4, 0.5) is 0 Å². The normalized spacial score (nSPS) is 52.9. The molecule has 2 heteroatoms. The largest absolute Gasteiger partial charge is 0.390 e. The molecule has 0 amide bonds. The zero-order valence-corrected chi connectivity index (χ0v) is 10.1. The van der Waals surface area contributed by atoms with Crippen LogP contribution in [0.2, 0.25) is 0 Å². The molecule has 0 saturated heterocycles. The Kier molecular flexibility index (Phi) is 2.56. The number of hydrogen-bond donors (Lipinski definition) is 2. The van der Waals surface area contributed by atoms with Crippen molar-refractivity contribution in [2.45, 2.75) is 75.4 Å². The molecule has 0 heterocycles. The van der Waals surface area contributed by atoms with Crippen molar-refractivity contribution < 1.29 is 10.2 Å². The summed E-state index contributed by atoms with van der Waals surface area (Å²) in [6.07, 6.45) is 10.7. The highest BCUT2D eigenvalue weighted by Crippen LogP contribution is 2.51. The second-order valence-corrected chi connectivity index (χ2v) is 6.47. The lowest BCUT2D eigenvalue weighted by atomic mass is 9.71. The molecule has 0 spiro atoms. The fraction of sp³-hybridized carbons (Fsp3) is 1.00. The number of hydrogen-bond acceptors (Lipinski definition) is 2. The van der Waals surface area contributed by atoms with E-state index >= 15 is 0 Å². The van der Waals surface area contributed by atoms with Crippen molar-refractivity contribution in [3.05, 3.63) is 0 Å². The summed E-state index contributed by atoms with van der Waals surface area (Å²) in [4.78, 5) is 0. The van der Waals surface area contributed by atoms with E-state index in [9.17, 15) is 10.2 Å². The molecule has 3 aliphatic carbocycles. The van der Waals surface area contributed by atoms with Crippen LogP contribution in [0.5, 0.6) is 0 Å². The van der Waals surface area contributed by atoms with E-state index in [2.05, 4.69) is 0 Å². The van der Waals surface area contributed by atoms with Crippen molar-refractivity contribution in [2.75, 3.05) is 0 Å². The van der Waals surface area contributed by atoms with Gasteiger partial charge >= 0.3 is 0 Å². The minimum atomic E-state index is -0.371. The van der Waals surface area contributed by atoms with E-state index < -0.39 is 0 Å². The Morgan fingerprint density at radius 3 is 1.62 bits per heavy atom. The molecule has 3 saturated carbocycles. The first-order chi connectivity index (χ1) is 7.62. The third kappa shape index (κ3) is 1.62. The standard InChI is InChI=1S/C14H24O2/c15-13-6-1-4-11(13)10-12-5-2-7-14(12,16)9-3-8-13/h11-12,15-16H,1-10H2/t11-,12-,13+,14+/m0/s1. The first-order valence-corrected chi connectivity index (χ1v) is 7.07. The van der Waals surface area contributed by atoms with Crippen LogP contribution in [0.25, 0.3) is 0 Å². The Balaban J connectivity index is 1.81. The van der Waals surface area contributed by atoms with Crippen molar-refractivity contribution in [1.82, 2.24) is 0 Å². The van der Waals surface area contributed by atoms with Crippen molar-refractivity contribution >= 4 is 0 Å². The lowest BCUT2D eigenvalue weighted by molar-refractivity contribution is -0.0731. The molecule has 0 aromatic heterocycles. The summed E-state index contributed by atoms with van der Waals surface area (Å²) in [6.45, 7) is 0. The zero-order chi connectivity index (χ0) is 11.2. The van der Waals surface area contributed by atoms with E-state index in [1.807, 2.05) is 0 Å². The minimum absolute atomic E-state index is 0.371. The smallest absolute Gasteiger partial charge is 0.0676 e. The van der Waals surface area contributed by atoms with Gasteiger partial charge in [-0.25, -0.2) is 0 Å². The highest BCUT2D eigenvalue weighted by atomic mass is 16.3. The van der Waals surface area contributed by atoms with Crippen LogP contribution in [0.15, 0.2) is 0 Å². The SMILES string of the molecule is O[C@@]12CCC[C@H]1C[C@@H]1CCC[C@@]1(O)CCC2. The van der Waals surface area contributed by atoms with Crippen LogP contribution < -0.4 is 0 Å². The Bertz CT molecular complexity index is 252. The maximum Gasteiger partial charge on any atom is 0.0676 e. The summed E-state index contributed by atoms with van der Waals surface area (Å²) in [5, 5.41) is 21.3. The van der Waals surface area contributed by atoms with Gasteiger partial charge in [-0.05, 0) is 63.2 Å². The van der Waals surface area contributed by atoms with Crippen LogP contribution in [-0.2, 0) is 0 Å². The molecule has 0 aromatic rings. The topological polar surface area (TPSA) is 40.5 Å². The number of fused-ring (bicyclic) bond motifs is 2. The maximum absolute atomic E-state index is 10.6. The van der Waals surface area contributed by atoms with Gasteiger partial charge in [0.25, 0.3) is 0 Å². The van der Waals surface area contributed by atoms with Gasteiger partial charge in [-0.3, -0.25) is 0 Å². The van der Waals surface area contributed by atoms with Gasteiger partial charge in [0.15, 0.2) is 0 Å². The zero-order valence-electron chi connectivity index (χ0n) is 10.1. The Labute approximate surface area is 98.1 Å². The van der Waals surface area contributed by atoms with Gasteiger partial charge < -0.3 is 10.2 Å². The van der Waals surface area contributed by atoms with E-state index in [4.69, 9.17) is 0 Å². The first-order valence-electron chi connectivity index (χ1n) is 7.07. The molecule has 3 rings (SSSR count). The average molecular weight is 224 g/mol. The average Bonchev–Trinajstić information content (AvgIpc) is 2.73. The highest BCUT2D eigenvalue weighted by molar-refractivity contribution is 5.01. The Morgan fingerprint density at radius 2 is 1.12 bits per heavy atom.